The molecule has 8 nitrogen and oxygen atoms in total. The van der Waals surface area contributed by atoms with Crippen LogP contribution in [-0.2, 0) is 6.54 Å². The van der Waals surface area contributed by atoms with Crippen molar-refractivity contribution in [3.05, 3.63) is 102 Å². The van der Waals surface area contributed by atoms with Gasteiger partial charge in [0.15, 0.2) is 5.82 Å². The van der Waals surface area contributed by atoms with Crippen LogP contribution in [0.3, 0.4) is 0 Å². The van der Waals surface area contributed by atoms with Gasteiger partial charge in [-0.1, -0.05) is 72.8 Å². The molecule has 172 valence electrons. The second kappa shape index (κ2) is 8.98. The number of benzene rings is 3. The first-order chi connectivity index (χ1) is 17.2. The van der Waals surface area contributed by atoms with Gasteiger partial charge >= 0.3 is 0 Å². The molecule has 0 saturated heterocycles. The van der Waals surface area contributed by atoms with Crippen molar-refractivity contribution in [1.82, 2.24) is 30.0 Å². The first-order valence-corrected chi connectivity index (χ1v) is 11.6. The highest BCUT2D eigenvalue weighted by atomic mass is 16.1. The van der Waals surface area contributed by atoms with Gasteiger partial charge in [0.2, 0.25) is 0 Å². The number of carbonyl (C=O) groups is 1. The molecule has 0 aliphatic heterocycles. The molecule has 1 aliphatic carbocycles. The van der Waals surface area contributed by atoms with Gasteiger partial charge in [0.05, 0.1) is 18.2 Å². The highest BCUT2D eigenvalue weighted by Crippen LogP contribution is 2.37. The fraction of sp³-hybridized carbons (Fsp3) is 0.148. The Morgan fingerprint density at radius 3 is 2.43 bits per heavy atom. The first kappa shape index (κ1) is 21.0. The number of hydrogen-bond acceptors (Lipinski definition) is 5. The van der Waals surface area contributed by atoms with E-state index >= 15 is 0 Å². The Hall–Kier alpha value is -4.59. The molecule has 8 heteroatoms. The predicted octanol–water partition coefficient (Wildman–Crippen LogP) is 4.84. The molecular weight excluding hydrogens is 438 g/mol. The highest BCUT2D eigenvalue weighted by Gasteiger charge is 2.28. The summed E-state index contributed by atoms with van der Waals surface area (Å²) < 4.78 is 3.68. The third kappa shape index (κ3) is 4.46. The molecule has 1 saturated carbocycles. The molecule has 3 aromatic carbocycles. The molecule has 0 unspecified atom stereocenters. The smallest absolute Gasteiger partial charge is 0.259 e. The zero-order chi connectivity index (χ0) is 23.6. The van der Waals surface area contributed by atoms with Gasteiger partial charge in [0.1, 0.15) is 5.69 Å². The van der Waals surface area contributed by atoms with E-state index in [9.17, 15) is 4.79 Å². The maximum Gasteiger partial charge on any atom is 0.259 e. The Morgan fingerprint density at radius 2 is 1.66 bits per heavy atom. The van der Waals surface area contributed by atoms with Crippen molar-refractivity contribution in [2.45, 2.75) is 25.4 Å². The van der Waals surface area contributed by atoms with Gasteiger partial charge in [0, 0.05) is 23.0 Å². The summed E-state index contributed by atoms with van der Waals surface area (Å²) in [6, 6.07) is 27.8. The van der Waals surface area contributed by atoms with Crippen molar-refractivity contribution in [2.24, 2.45) is 0 Å². The summed E-state index contributed by atoms with van der Waals surface area (Å²) in [7, 11) is 0. The maximum atomic E-state index is 13.4. The molecule has 6 rings (SSSR count). The number of nitrogens with one attached hydrogen (secondary N) is 1. The Bertz CT molecular complexity index is 1470. The van der Waals surface area contributed by atoms with Crippen LogP contribution in [0.4, 0.5) is 5.69 Å². The van der Waals surface area contributed by atoms with Crippen LogP contribution in [0.15, 0.2) is 91.1 Å². The summed E-state index contributed by atoms with van der Waals surface area (Å²) in [6.45, 7) is 0.577. The number of nitrogens with zero attached hydrogens (tertiary/aromatic N) is 6. The van der Waals surface area contributed by atoms with Crippen molar-refractivity contribution in [3.8, 4) is 22.6 Å². The molecule has 0 atom stereocenters. The molecular formula is C27H23N7O. The summed E-state index contributed by atoms with van der Waals surface area (Å²) >= 11 is 0. The minimum absolute atomic E-state index is 0.220. The van der Waals surface area contributed by atoms with E-state index < -0.39 is 0 Å². The number of rotatable bonds is 7. The van der Waals surface area contributed by atoms with E-state index in [0.29, 0.717) is 35.4 Å². The standard InChI is InChI=1S/C27H23N7O/c35-27(28-22-13-7-12-21(16-22)26-29-31-32-34(26)23-14-15-23)24-18-33(17-19-8-3-1-4-9-19)30-25(24)20-10-5-2-6-11-20/h1-13,16,18,23H,14-15,17H2,(H,28,35). The minimum Gasteiger partial charge on any atom is -0.322 e. The Balaban J connectivity index is 1.30. The number of hydrogen-bond donors (Lipinski definition) is 1. The average Bonchev–Trinajstić information content (AvgIpc) is 3.46. The second-order valence-corrected chi connectivity index (χ2v) is 8.65. The van der Waals surface area contributed by atoms with Gasteiger partial charge in [0.25, 0.3) is 5.91 Å². The Kier molecular flexibility index (Phi) is 5.38. The molecule has 2 aromatic heterocycles. The van der Waals surface area contributed by atoms with Gasteiger partial charge in [-0.05, 0) is 41.0 Å². The first-order valence-electron chi connectivity index (χ1n) is 11.6. The minimum atomic E-state index is -0.220. The molecule has 2 heterocycles. The lowest BCUT2D eigenvalue weighted by Crippen LogP contribution is -2.12. The highest BCUT2D eigenvalue weighted by molar-refractivity contribution is 6.08. The van der Waals surface area contributed by atoms with Crippen LogP contribution >= 0.6 is 0 Å². The predicted molar refractivity (Wildman–Crippen MR) is 133 cm³/mol. The van der Waals surface area contributed by atoms with E-state index in [0.717, 1.165) is 29.5 Å². The summed E-state index contributed by atoms with van der Waals surface area (Å²) in [6.07, 6.45) is 3.98. The Morgan fingerprint density at radius 1 is 0.914 bits per heavy atom. The maximum absolute atomic E-state index is 13.4. The normalized spacial score (nSPS) is 13.0. The molecule has 1 N–H and O–H groups in total. The monoisotopic (exact) mass is 461 g/mol. The van der Waals surface area contributed by atoms with Crippen molar-refractivity contribution in [2.75, 3.05) is 5.32 Å². The van der Waals surface area contributed by atoms with E-state index in [2.05, 4.69) is 20.8 Å². The second-order valence-electron chi connectivity index (χ2n) is 8.65. The lowest BCUT2D eigenvalue weighted by atomic mass is 10.1. The summed E-state index contributed by atoms with van der Waals surface area (Å²) in [5, 5.41) is 20.0. The van der Waals surface area contributed by atoms with E-state index in [1.165, 1.54) is 0 Å². The van der Waals surface area contributed by atoms with Crippen LogP contribution in [0.5, 0.6) is 0 Å². The molecule has 1 fully saturated rings. The molecule has 1 amide bonds. The fourth-order valence-electron chi connectivity index (χ4n) is 4.13. The zero-order valence-corrected chi connectivity index (χ0v) is 19.0. The third-order valence-corrected chi connectivity index (χ3v) is 6.01. The van der Waals surface area contributed by atoms with Crippen LogP contribution in [-0.4, -0.2) is 35.9 Å². The van der Waals surface area contributed by atoms with E-state index in [-0.39, 0.29) is 5.91 Å². The number of amides is 1. The van der Waals surface area contributed by atoms with Crippen LogP contribution in [0, 0.1) is 0 Å². The van der Waals surface area contributed by atoms with E-state index in [1.54, 1.807) is 0 Å². The quantitative estimate of drug-likeness (QED) is 0.375. The third-order valence-electron chi connectivity index (χ3n) is 6.01. The van der Waals surface area contributed by atoms with Gasteiger partial charge in [-0.3, -0.25) is 9.48 Å². The van der Waals surface area contributed by atoms with Gasteiger partial charge in [-0.25, -0.2) is 4.68 Å². The van der Waals surface area contributed by atoms with Crippen LogP contribution in [0.2, 0.25) is 0 Å². The molecule has 5 aromatic rings. The molecule has 0 spiro atoms. The molecule has 0 radical (unpaired) electrons. The average molecular weight is 462 g/mol. The van der Waals surface area contributed by atoms with E-state index in [1.807, 2.05) is 100 Å². The summed E-state index contributed by atoms with van der Waals surface area (Å²) in [4.78, 5) is 13.4. The number of aromatic nitrogens is 6. The van der Waals surface area contributed by atoms with Crippen molar-refractivity contribution in [3.63, 3.8) is 0 Å². The lowest BCUT2D eigenvalue weighted by Gasteiger charge is -2.08. The van der Waals surface area contributed by atoms with Crippen molar-refractivity contribution in [1.29, 1.82) is 0 Å². The largest absolute Gasteiger partial charge is 0.322 e. The fourth-order valence-corrected chi connectivity index (χ4v) is 4.13. The lowest BCUT2D eigenvalue weighted by molar-refractivity contribution is 0.102. The number of carbonyl (C=O) groups excluding carboxylic acids is 1. The Labute approximate surface area is 202 Å². The van der Waals surface area contributed by atoms with E-state index in [4.69, 9.17) is 5.10 Å². The van der Waals surface area contributed by atoms with Crippen LogP contribution < -0.4 is 5.32 Å². The van der Waals surface area contributed by atoms with Gasteiger partial charge in [-0.15, -0.1) is 5.10 Å². The van der Waals surface area contributed by atoms with Crippen molar-refractivity contribution >= 4 is 11.6 Å². The van der Waals surface area contributed by atoms with Gasteiger partial charge in [-0.2, -0.15) is 5.10 Å². The zero-order valence-electron chi connectivity index (χ0n) is 19.0. The molecule has 1 aliphatic rings. The summed E-state index contributed by atoms with van der Waals surface area (Å²) in [5.41, 5.74) is 4.70. The number of tetrazole rings is 1. The van der Waals surface area contributed by atoms with Gasteiger partial charge < -0.3 is 5.32 Å². The summed E-state index contributed by atoms with van der Waals surface area (Å²) in [5.74, 6) is 0.492. The van der Waals surface area contributed by atoms with Crippen LogP contribution in [0.25, 0.3) is 22.6 Å². The SMILES string of the molecule is O=C(Nc1cccc(-c2nnnn2C2CC2)c1)c1cn(Cc2ccccc2)nc1-c1ccccc1. The number of anilines is 1. The van der Waals surface area contributed by atoms with Crippen molar-refractivity contribution < 1.29 is 4.79 Å². The molecule has 0 bridgehead atoms. The topological polar surface area (TPSA) is 90.5 Å². The molecule has 35 heavy (non-hydrogen) atoms. The van der Waals surface area contributed by atoms with Crippen LogP contribution in [0.1, 0.15) is 34.8 Å².